The van der Waals surface area contributed by atoms with Crippen molar-refractivity contribution in [2.24, 2.45) is 0 Å². The van der Waals surface area contributed by atoms with Gasteiger partial charge in [0.2, 0.25) is 0 Å². The Morgan fingerprint density at radius 2 is 2.29 bits per heavy atom. The summed E-state index contributed by atoms with van der Waals surface area (Å²) in [7, 11) is 0. The van der Waals surface area contributed by atoms with Crippen molar-refractivity contribution in [2.45, 2.75) is 13.3 Å². The lowest BCUT2D eigenvalue weighted by atomic mass is 10.0. The monoisotopic (exact) mass is 301 g/mol. The Kier molecular flexibility index (Phi) is 3.47. The fraction of sp³-hybridized carbons (Fsp3) is 0.200. The number of benzene rings is 1. The number of hydrogen-bond donors (Lipinski definition) is 1. The largest absolute Gasteiger partial charge is 0.481 e. The molecule has 0 aliphatic carbocycles. The molecule has 0 aliphatic heterocycles. The predicted octanol–water partition coefficient (Wildman–Crippen LogP) is 2.10. The highest BCUT2D eigenvalue weighted by molar-refractivity contribution is 14.1. The summed E-state index contributed by atoms with van der Waals surface area (Å²) in [6.07, 6.45) is -0.0967. The zero-order valence-electron chi connectivity index (χ0n) is 7.54. The molecule has 0 bridgehead atoms. The molecule has 3 nitrogen and oxygen atoms in total. The molecule has 0 spiro atoms. The number of halogens is 1. The van der Waals surface area contributed by atoms with Gasteiger partial charge in [0, 0.05) is 3.57 Å². The van der Waals surface area contributed by atoms with E-state index in [4.69, 9.17) is 10.4 Å². The molecule has 0 unspecified atom stereocenters. The highest BCUT2D eigenvalue weighted by atomic mass is 127. The van der Waals surface area contributed by atoms with E-state index in [9.17, 15) is 4.79 Å². The molecule has 0 saturated heterocycles. The Balaban J connectivity index is 3.26. The lowest BCUT2D eigenvalue weighted by Crippen LogP contribution is -2.04. The third kappa shape index (κ3) is 2.45. The van der Waals surface area contributed by atoms with E-state index >= 15 is 0 Å². The lowest BCUT2D eigenvalue weighted by molar-refractivity contribution is -0.136. The van der Waals surface area contributed by atoms with Crippen LogP contribution in [-0.2, 0) is 11.2 Å². The highest BCUT2D eigenvalue weighted by Gasteiger charge is 2.09. The predicted molar refractivity (Wildman–Crippen MR) is 60.0 cm³/mol. The molecule has 1 aromatic carbocycles. The van der Waals surface area contributed by atoms with Crippen LogP contribution in [0.2, 0.25) is 0 Å². The van der Waals surface area contributed by atoms with Crippen molar-refractivity contribution in [2.75, 3.05) is 0 Å². The molecule has 1 rings (SSSR count). The van der Waals surface area contributed by atoms with Crippen LogP contribution >= 0.6 is 22.6 Å². The molecule has 0 aromatic heterocycles. The quantitative estimate of drug-likeness (QED) is 0.851. The zero-order chi connectivity index (χ0) is 10.7. The van der Waals surface area contributed by atoms with E-state index in [2.05, 4.69) is 22.6 Å². The molecular formula is C10H8INO2. The van der Waals surface area contributed by atoms with E-state index in [-0.39, 0.29) is 6.42 Å². The van der Waals surface area contributed by atoms with Gasteiger partial charge < -0.3 is 5.11 Å². The summed E-state index contributed by atoms with van der Waals surface area (Å²) in [6.45, 7) is 1.81. The Morgan fingerprint density at radius 1 is 1.64 bits per heavy atom. The highest BCUT2D eigenvalue weighted by Crippen LogP contribution is 2.18. The Labute approximate surface area is 95.5 Å². The second kappa shape index (κ2) is 4.42. The summed E-state index contributed by atoms with van der Waals surface area (Å²) in [4.78, 5) is 10.5. The molecule has 0 fully saturated rings. The van der Waals surface area contributed by atoms with Crippen molar-refractivity contribution in [3.8, 4) is 6.07 Å². The van der Waals surface area contributed by atoms with Crippen molar-refractivity contribution in [1.29, 1.82) is 5.26 Å². The molecule has 0 saturated carbocycles. The summed E-state index contributed by atoms with van der Waals surface area (Å²) >= 11 is 2.11. The topological polar surface area (TPSA) is 61.1 Å². The Morgan fingerprint density at radius 3 is 2.79 bits per heavy atom. The fourth-order valence-corrected chi connectivity index (χ4v) is 2.12. The van der Waals surface area contributed by atoms with Crippen molar-refractivity contribution < 1.29 is 9.90 Å². The SMILES string of the molecule is Cc1cc(I)cc(CC(=O)O)c1C#N. The average Bonchev–Trinajstić information content (AvgIpc) is 2.01. The van der Waals surface area contributed by atoms with E-state index in [1.54, 1.807) is 6.07 Å². The molecule has 0 aliphatic rings. The van der Waals surface area contributed by atoms with E-state index in [1.807, 2.05) is 19.1 Å². The van der Waals surface area contributed by atoms with Gasteiger partial charge in [0.25, 0.3) is 0 Å². The summed E-state index contributed by atoms with van der Waals surface area (Å²) in [5.74, 6) is -0.914. The van der Waals surface area contributed by atoms with Gasteiger partial charge in [-0.25, -0.2) is 0 Å². The second-order valence-corrected chi connectivity index (χ2v) is 4.18. The normalized spacial score (nSPS) is 9.50. The smallest absolute Gasteiger partial charge is 0.307 e. The van der Waals surface area contributed by atoms with E-state index in [0.717, 1.165) is 9.13 Å². The number of rotatable bonds is 2. The number of hydrogen-bond acceptors (Lipinski definition) is 2. The first-order chi connectivity index (χ1) is 6.54. The van der Waals surface area contributed by atoms with Crippen LogP contribution < -0.4 is 0 Å². The fourth-order valence-electron chi connectivity index (χ4n) is 1.27. The van der Waals surface area contributed by atoms with E-state index in [1.165, 1.54) is 0 Å². The van der Waals surface area contributed by atoms with Crippen LogP contribution in [0.3, 0.4) is 0 Å². The number of aryl methyl sites for hydroxylation is 1. The van der Waals surface area contributed by atoms with Crippen LogP contribution in [0.25, 0.3) is 0 Å². The number of carboxylic acids is 1. The van der Waals surface area contributed by atoms with Crippen LogP contribution in [0.5, 0.6) is 0 Å². The number of carboxylic acid groups (broad SMARTS) is 1. The maximum absolute atomic E-state index is 10.5. The molecule has 0 heterocycles. The third-order valence-electron chi connectivity index (χ3n) is 1.84. The minimum Gasteiger partial charge on any atom is -0.481 e. The minimum atomic E-state index is -0.914. The summed E-state index contributed by atoms with van der Waals surface area (Å²) in [5.41, 5.74) is 1.90. The third-order valence-corrected chi connectivity index (χ3v) is 2.46. The number of nitrogens with zero attached hydrogens (tertiary/aromatic N) is 1. The standard InChI is InChI=1S/C10H8INO2/c1-6-2-8(11)3-7(4-10(13)14)9(6)5-12/h2-3H,4H2,1H3,(H,13,14). The van der Waals surface area contributed by atoms with Gasteiger partial charge in [-0.15, -0.1) is 0 Å². The Hall–Kier alpha value is -1.09. The molecule has 0 radical (unpaired) electrons. The van der Waals surface area contributed by atoms with Gasteiger partial charge in [-0.2, -0.15) is 5.26 Å². The maximum Gasteiger partial charge on any atom is 0.307 e. The number of carbonyl (C=O) groups is 1. The van der Waals surface area contributed by atoms with Crippen LogP contribution in [0.15, 0.2) is 12.1 Å². The van der Waals surface area contributed by atoms with Gasteiger partial charge in [-0.05, 0) is 52.8 Å². The first-order valence-corrected chi connectivity index (χ1v) is 5.03. The van der Waals surface area contributed by atoms with Crippen LogP contribution in [-0.4, -0.2) is 11.1 Å². The zero-order valence-corrected chi connectivity index (χ0v) is 9.70. The molecule has 1 aromatic rings. The van der Waals surface area contributed by atoms with Crippen LogP contribution in [0.1, 0.15) is 16.7 Å². The van der Waals surface area contributed by atoms with Gasteiger partial charge in [0.05, 0.1) is 18.1 Å². The molecule has 0 atom stereocenters. The van der Waals surface area contributed by atoms with Crippen LogP contribution in [0, 0.1) is 21.8 Å². The summed E-state index contributed by atoms with van der Waals surface area (Å²) in [6, 6.07) is 5.63. The van der Waals surface area contributed by atoms with Gasteiger partial charge in [0.15, 0.2) is 0 Å². The van der Waals surface area contributed by atoms with Crippen LogP contribution in [0.4, 0.5) is 0 Å². The lowest BCUT2D eigenvalue weighted by Gasteiger charge is -2.05. The second-order valence-electron chi connectivity index (χ2n) is 2.94. The molecule has 14 heavy (non-hydrogen) atoms. The van der Waals surface area contributed by atoms with Gasteiger partial charge in [-0.3, -0.25) is 4.79 Å². The van der Waals surface area contributed by atoms with Gasteiger partial charge in [0.1, 0.15) is 0 Å². The van der Waals surface area contributed by atoms with Gasteiger partial charge in [-0.1, -0.05) is 0 Å². The molecule has 4 heteroatoms. The summed E-state index contributed by atoms with van der Waals surface area (Å²) < 4.78 is 0.954. The maximum atomic E-state index is 10.5. The first kappa shape index (κ1) is 11.0. The van der Waals surface area contributed by atoms with Crippen molar-refractivity contribution in [1.82, 2.24) is 0 Å². The molecule has 0 amide bonds. The molecular weight excluding hydrogens is 293 g/mol. The van der Waals surface area contributed by atoms with Crippen molar-refractivity contribution >= 4 is 28.6 Å². The van der Waals surface area contributed by atoms with Crippen molar-refractivity contribution in [3.63, 3.8) is 0 Å². The minimum absolute atomic E-state index is 0.0967. The summed E-state index contributed by atoms with van der Waals surface area (Å²) in [5, 5.41) is 17.5. The van der Waals surface area contributed by atoms with E-state index in [0.29, 0.717) is 11.1 Å². The number of aliphatic carboxylic acids is 1. The van der Waals surface area contributed by atoms with Crippen molar-refractivity contribution in [3.05, 3.63) is 32.4 Å². The Bertz CT molecular complexity index is 421. The first-order valence-electron chi connectivity index (χ1n) is 3.95. The molecule has 1 N–H and O–H groups in total. The number of nitriles is 1. The van der Waals surface area contributed by atoms with Gasteiger partial charge >= 0.3 is 5.97 Å². The average molecular weight is 301 g/mol. The van der Waals surface area contributed by atoms with E-state index < -0.39 is 5.97 Å². The molecule has 72 valence electrons.